The number of carbonyl (C=O) groups is 2. The number of aryl methyl sites for hydroxylation is 2. The van der Waals surface area contributed by atoms with Gasteiger partial charge in [-0.25, -0.2) is 8.42 Å². The lowest BCUT2D eigenvalue weighted by molar-refractivity contribution is -0.123. The zero-order chi connectivity index (χ0) is 24.0. The molecule has 3 aromatic carbocycles. The van der Waals surface area contributed by atoms with Gasteiger partial charge in [-0.15, -0.1) is 0 Å². The van der Waals surface area contributed by atoms with Crippen LogP contribution in [0, 0.1) is 13.8 Å². The Morgan fingerprint density at radius 1 is 0.879 bits per heavy atom. The van der Waals surface area contributed by atoms with Gasteiger partial charge in [-0.2, -0.15) is 0 Å². The third-order valence-electron chi connectivity index (χ3n) is 4.60. The SMILES string of the molecule is Cc1cccc(C)c1OCC(=O)NNC(=O)c1ccc(S(=O)(=O)Nc2ccc(Cl)cc2)cc1. The van der Waals surface area contributed by atoms with Gasteiger partial charge in [0.1, 0.15) is 5.75 Å². The van der Waals surface area contributed by atoms with E-state index in [9.17, 15) is 18.0 Å². The van der Waals surface area contributed by atoms with Gasteiger partial charge in [-0.05, 0) is 73.5 Å². The number of amides is 2. The van der Waals surface area contributed by atoms with Crippen molar-refractivity contribution in [3.05, 3.63) is 88.4 Å². The van der Waals surface area contributed by atoms with E-state index < -0.39 is 21.8 Å². The number of hydrogen-bond donors (Lipinski definition) is 3. The molecule has 0 atom stereocenters. The lowest BCUT2D eigenvalue weighted by Crippen LogP contribution is -2.43. The minimum Gasteiger partial charge on any atom is -0.483 e. The van der Waals surface area contributed by atoms with Crippen molar-refractivity contribution in [2.45, 2.75) is 18.7 Å². The van der Waals surface area contributed by atoms with Crippen LogP contribution in [0.15, 0.2) is 71.6 Å². The summed E-state index contributed by atoms with van der Waals surface area (Å²) >= 11 is 5.80. The van der Waals surface area contributed by atoms with Crippen molar-refractivity contribution in [2.75, 3.05) is 11.3 Å². The number of ether oxygens (including phenoxy) is 1. The van der Waals surface area contributed by atoms with Crippen LogP contribution in [0.5, 0.6) is 5.75 Å². The lowest BCUT2D eigenvalue weighted by Gasteiger charge is -2.12. The van der Waals surface area contributed by atoms with Gasteiger partial charge in [0.05, 0.1) is 4.90 Å². The predicted molar refractivity (Wildman–Crippen MR) is 126 cm³/mol. The summed E-state index contributed by atoms with van der Waals surface area (Å²) in [5, 5.41) is 0.484. The van der Waals surface area contributed by atoms with E-state index in [1.807, 2.05) is 32.0 Å². The Hall–Kier alpha value is -3.56. The average Bonchev–Trinajstić information content (AvgIpc) is 2.78. The summed E-state index contributed by atoms with van der Waals surface area (Å²) in [6.45, 7) is 3.47. The van der Waals surface area contributed by atoms with Crippen molar-refractivity contribution in [1.82, 2.24) is 10.9 Å². The highest BCUT2D eigenvalue weighted by molar-refractivity contribution is 7.92. The molecule has 3 aromatic rings. The van der Waals surface area contributed by atoms with Gasteiger partial charge in [0, 0.05) is 16.3 Å². The van der Waals surface area contributed by atoms with Crippen molar-refractivity contribution < 1.29 is 22.7 Å². The first kappa shape index (κ1) is 24.1. The molecular formula is C23H22ClN3O5S. The minimum absolute atomic E-state index is 0.0277. The van der Waals surface area contributed by atoms with Gasteiger partial charge in [-0.3, -0.25) is 25.2 Å². The topological polar surface area (TPSA) is 114 Å². The molecule has 3 rings (SSSR count). The summed E-state index contributed by atoms with van der Waals surface area (Å²) in [4.78, 5) is 24.3. The molecule has 0 aliphatic heterocycles. The molecule has 0 spiro atoms. The van der Waals surface area contributed by atoms with E-state index in [1.54, 1.807) is 12.1 Å². The molecule has 0 saturated carbocycles. The summed E-state index contributed by atoms with van der Waals surface area (Å²) in [5.74, 6) is -0.537. The van der Waals surface area contributed by atoms with Crippen LogP contribution in [0.3, 0.4) is 0 Å². The largest absolute Gasteiger partial charge is 0.483 e. The van der Waals surface area contributed by atoms with Crippen LogP contribution in [0.1, 0.15) is 21.5 Å². The van der Waals surface area contributed by atoms with Crippen molar-refractivity contribution in [2.24, 2.45) is 0 Å². The number of halogens is 1. The highest BCUT2D eigenvalue weighted by atomic mass is 35.5. The number of carbonyl (C=O) groups excluding carboxylic acids is 2. The molecule has 2 amide bonds. The van der Waals surface area contributed by atoms with Gasteiger partial charge in [0.25, 0.3) is 21.8 Å². The molecule has 0 saturated heterocycles. The van der Waals surface area contributed by atoms with Gasteiger partial charge in [-0.1, -0.05) is 29.8 Å². The number of anilines is 1. The molecule has 0 unspecified atom stereocenters. The third-order valence-corrected chi connectivity index (χ3v) is 6.24. The van der Waals surface area contributed by atoms with Crippen LogP contribution in [0.25, 0.3) is 0 Å². The predicted octanol–water partition coefficient (Wildman–Crippen LogP) is 3.60. The zero-order valence-electron chi connectivity index (χ0n) is 17.9. The number of nitrogens with one attached hydrogen (secondary N) is 3. The molecule has 0 radical (unpaired) electrons. The Kier molecular flexibility index (Phi) is 7.57. The standard InChI is InChI=1S/C23H22ClN3O5S/c1-15-4-3-5-16(2)22(15)32-14-21(28)25-26-23(29)17-6-12-20(13-7-17)33(30,31)27-19-10-8-18(24)9-11-19/h3-13,27H,14H2,1-2H3,(H,25,28)(H,26,29). The Morgan fingerprint density at radius 2 is 1.48 bits per heavy atom. The van der Waals surface area contributed by atoms with E-state index in [0.29, 0.717) is 16.5 Å². The molecule has 0 aliphatic rings. The smallest absolute Gasteiger partial charge is 0.276 e. The number of hydrogen-bond acceptors (Lipinski definition) is 5. The molecule has 8 nitrogen and oxygen atoms in total. The van der Waals surface area contributed by atoms with Gasteiger partial charge >= 0.3 is 0 Å². The number of benzene rings is 3. The highest BCUT2D eigenvalue weighted by Crippen LogP contribution is 2.22. The number of rotatable bonds is 7. The summed E-state index contributed by atoms with van der Waals surface area (Å²) in [6, 6.07) is 17.1. The van der Waals surface area contributed by atoms with Crippen LogP contribution in [0.4, 0.5) is 5.69 Å². The number of sulfonamides is 1. The van der Waals surface area contributed by atoms with Crippen molar-refractivity contribution in [3.63, 3.8) is 0 Å². The molecule has 3 N–H and O–H groups in total. The normalized spacial score (nSPS) is 10.9. The summed E-state index contributed by atoms with van der Waals surface area (Å²) in [7, 11) is -3.85. The van der Waals surface area contributed by atoms with Crippen molar-refractivity contribution in [1.29, 1.82) is 0 Å². The van der Waals surface area contributed by atoms with Crippen molar-refractivity contribution in [3.8, 4) is 5.75 Å². The first-order chi connectivity index (χ1) is 15.7. The lowest BCUT2D eigenvalue weighted by atomic mass is 10.1. The number of para-hydroxylation sites is 1. The molecule has 0 fully saturated rings. The van der Waals surface area contributed by atoms with E-state index in [0.717, 1.165) is 11.1 Å². The fourth-order valence-corrected chi connectivity index (χ4v) is 4.10. The maximum Gasteiger partial charge on any atom is 0.276 e. The van der Waals surface area contributed by atoms with Crippen LogP contribution < -0.4 is 20.3 Å². The third kappa shape index (κ3) is 6.47. The molecule has 172 valence electrons. The van der Waals surface area contributed by atoms with Crippen LogP contribution in [-0.4, -0.2) is 26.8 Å². The molecule has 0 aliphatic carbocycles. The Balaban J connectivity index is 1.54. The summed E-state index contributed by atoms with van der Waals surface area (Å²) in [6.07, 6.45) is 0. The fraction of sp³-hybridized carbons (Fsp3) is 0.130. The molecular weight excluding hydrogens is 466 g/mol. The molecule has 0 heterocycles. The second-order valence-corrected chi connectivity index (χ2v) is 9.27. The fourth-order valence-electron chi connectivity index (χ4n) is 2.92. The Morgan fingerprint density at radius 3 is 2.09 bits per heavy atom. The van der Waals surface area contributed by atoms with E-state index in [4.69, 9.17) is 16.3 Å². The van der Waals surface area contributed by atoms with E-state index in [1.165, 1.54) is 36.4 Å². The first-order valence-electron chi connectivity index (χ1n) is 9.82. The average molecular weight is 488 g/mol. The minimum atomic E-state index is -3.85. The highest BCUT2D eigenvalue weighted by Gasteiger charge is 2.16. The monoisotopic (exact) mass is 487 g/mol. The molecule has 10 heteroatoms. The van der Waals surface area contributed by atoms with Gasteiger partial charge in [0.15, 0.2) is 6.61 Å². The Labute approximate surface area is 196 Å². The number of hydrazine groups is 1. The second kappa shape index (κ2) is 10.4. The first-order valence-corrected chi connectivity index (χ1v) is 11.7. The van der Waals surface area contributed by atoms with Gasteiger partial charge in [0.2, 0.25) is 0 Å². The summed E-state index contributed by atoms with van der Waals surface area (Å²) < 4.78 is 33.0. The van der Waals surface area contributed by atoms with Crippen LogP contribution >= 0.6 is 11.6 Å². The van der Waals surface area contributed by atoms with E-state index in [2.05, 4.69) is 15.6 Å². The van der Waals surface area contributed by atoms with Crippen LogP contribution in [-0.2, 0) is 14.8 Å². The van der Waals surface area contributed by atoms with E-state index in [-0.39, 0.29) is 17.1 Å². The molecule has 33 heavy (non-hydrogen) atoms. The van der Waals surface area contributed by atoms with E-state index >= 15 is 0 Å². The maximum absolute atomic E-state index is 12.5. The zero-order valence-corrected chi connectivity index (χ0v) is 19.5. The van der Waals surface area contributed by atoms with Crippen molar-refractivity contribution >= 4 is 39.1 Å². The van der Waals surface area contributed by atoms with Crippen LogP contribution in [0.2, 0.25) is 5.02 Å². The molecule has 0 aromatic heterocycles. The summed E-state index contributed by atoms with van der Waals surface area (Å²) in [5.41, 5.74) is 6.85. The molecule has 0 bridgehead atoms. The quantitative estimate of drug-likeness (QED) is 0.441. The Bertz CT molecular complexity index is 1240. The second-order valence-electron chi connectivity index (χ2n) is 7.15. The maximum atomic E-state index is 12.5. The van der Waals surface area contributed by atoms with Gasteiger partial charge < -0.3 is 4.74 Å².